The van der Waals surface area contributed by atoms with Crippen molar-refractivity contribution >= 4 is 27.0 Å². The van der Waals surface area contributed by atoms with Crippen LogP contribution >= 0.6 is 0 Å². The monoisotopic (exact) mass is 708 g/mol. The Bertz CT molecular complexity index is 1660. The van der Waals surface area contributed by atoms with E-state index in [1.165, 1.54) is 33.4 Å². The molecule has 0 atom stereocenters. The molecular formula is C40H40Cl2SiZr. The largest absolute Gasteiger partial charge is 1.00 e. The molecule has 0 heterocycles. The van der Waals surface area contributed by atoms with Gasteiger partial charge in [-0.25, -0.2) is 0 Å². The molecule has 0 unspecified atom stereocenters. The summed E-state index contributed by atoms with van der Waals surface area (Å²) in [6.45, 7) is 9.47. The summed E-state index contributed by atoms with van der Waals surface area (Å²) in [7, 11) is 0. The molecule has 44 heavy (non-hydrogen) atoms. The fourth-order valence-corrected chi connectivity index (χ4v) is 28.9. The Morgan fingerprint density at radius 3 is 1.27 bits per heavy atom. The van der Waals surface area contributed by atoms with E-state index >= 15 is 0 Å². The van der Waals surface area contributed by atoms with Gasteiger partial charge in [-0.05, 0) is 0 Å². The minimum Gasteiger partial charge on any atom is -1.00 e. The third kappa shape index (κ3) is 6.70. The number of hydrogen-bond acceptors (Lipinski definition) is 0. The van der Waals surface area contributed by atoms with Gasteiger partial charge in [0.05, 0.1) is 0 Å². The van der Waals surface area contributed by atoms with Crippen LogP contribution in [0.5, 0.6) is 0 Å². The molecule has 2 aliphatic rings. The predicted molar refractivity (Wildman–Crippen MR) is 180 cm³/mol. The number of hydrogen-bond donors (Lipinski definition) is 0. The number of aryl methyl sites for hydroxylation is 2. The Hall–Kier alpha value is -2.48. The Morgan fingerprint density at radius 1 is 0.523 bits per heavy atom. The second kappa shape index (κ2) is 15.7. The number of benzene rings is 4. The van der Waals surface area contributed by atoms with Gasteiger partial charge in [-0.3, -0.25) is 0 Å². The van der Waals surface area contributed by atoms with E-state index in [1.807, 2.05) is 6.56 Å². The Labute approximate surface area is 284 Å². The number of halogens is 2. The maximum atomic E-state index is 2.57. The minimum atomic E-state index is -2.48. The zero-order valence-corrected chi connectivity index (χ0v) is 31.1. The normalized spacial score (nSPS) is 13.9. The van der Waals surface area contributed by atoms with Gasteiger partial charge in [-0.2, -0.15) is 0 Å². The van der Waals surface area contributed by atoms with Crippen molar-refractivity contribution in [2.24, 2.45) is 0 Å². The molecule has 6 rings (SSSR count). The Morgan fingerprint density at radius 2 is 0.886 bits per heavy atom. The van der Waals surface area contributed by atoms with Gasteiger partial charge in [-0.1, -0.05) is 0 Å². The van der Waals surface area contributed by atoms with E-state index in [-0.39, 0.29) is 24.8 Å². The molecule has 4 heteroatoms. The number of rotatable bonds is 8. The third-order valence-corrected chi connectivity index (χ3v) is 28.7. The fraction of sp³-hybridized carbons (Fsp3) is 0.200. The van der Waals surface area contributed by atoms with Crippen LogP contribution in [0.2, 0.25) is 0 Å². The van der Waals surface area contributed by atoms with E-state index in [1.54, 1.807) is 21.5 Å². The van der Waals surface area contributed by atoms with E-state index in [2.05, 4.69) is 149 Å². The number of allylic oxidation sites excluding steroid dienone is 8. The predicted octanol–water partition coefficient (Wildman–Crippen LogP) is 3.07. The van der Waals surface area contributed by atoms with Gasteiger partial charge in [0.2, 0.25) is 0 Å². The molecule has 0 radical (unpaired) electrons. The van der Waals surface area contributed by atoms with E-state index in [4.69, 9.17) is 0 Å². The zero-order valence-electron chi connectivity index (χ0n) is 26.1. The molecule has 2 aliphatic carbocycles. The first-order valence-corrected chi connectivity index (χ1v) is 23.1. The van der Waals surface area contributed by atoms with Gasteiger partial charge in [0.1, 0.15) is 0 Å². The first-order valence-electron chi connectivity index (χ1n) is 15.4. The van der Waals surface area contributed by atoms with Crippen molar-refractivity contribution in [2.75, 3.05) is 0 Å². The second-order valence-corrected chi connectivity index (χ2v) is 24.7. The average Bonchev–Trinajstić information content (AvgIpc) is 3.62. The standard InChI is InChI=1S/2C14H15.C12H10Si.2ClH.Zr/c2*1-3-12-8-4-5-9-14(12)13-10-6-7-11(13)2;1-3-7-11(8-4-1)13-12-9-5-2-6-10-12;;;/h2*4-5,8-10H,3,6H2,1-2H3;1-10H;2*1H;/q;;;;;+2/p-2. The third-order valence-electron chi connectivity index (χ3n) is 9.09. The van der Waals surface area contributed by atoms with Crippen LogP contribution < -0.4 is 35.2 Å². The maximum Gasteiger partial charge on any atom is -1.00 e. The molecule has 4 aromatic rings. The Balaban J connectivity index is 0.00000221. The SMILES string of the molecule is CCc1ccccc1C1=CC[C]([Zr+2]([C]2=C(C)C(c3ccccc3CC)=CC2)=[Si](c2ccccc2)c2ccccc2)=C1C.[Cl-].[Cl-]. The molecule has 0 amide bonds. The first kappa shape index (κ1) is 34.4. The first-order chi connectivity index (χ1) is 20.6. The van der Waals surface area contributed by atoms with Gasteiger partial charge in [0, 0.05) is 0 Å². The molecule has 0 fully saturated rings. The topological polar surface area (TPSA) is 0 Å². The molecule has 0 saturated heterocycles. The molecule has 0 aromatic heterocycles. The van der Waals surface area contributed by atoms with E-state index < -0.39 is 25.8 Å². The van der Waals surface area contributed by atoms with Crippen molar-refractivity contribution in [3.05, 3.63) is 161 Å². The van der Waals surface area contributed by atoms with E-state index in [0.29, 0.717) is 0 Å². The molecule has 0 saturated carbocycles. The van der Waals surface area contributed by atoms with Gasteiger partial charge >= 0.3 is 262 Å². The summed E-state index contributed by atoms with van der Waals surface area (Å²) in [5, 5.41) is 3.15. The molecule has 0 bridgehead atoms. The van der Waals surface area contributed by atoms with Crippen molar-refractivity contribution in [1.82, 2.24) is 0 Å². The molecular weight excluding hydrogens is 671 g/mol. The smallest absolute Gasteiger partial charge is 1.00 e. The summed E-state index contributed by atoms with van der Waals surface area (Å²) in [4.78, 5) is 0. The molecule has 0 spiro atoms. The summed E-state index contributed by atoms with van der Waals surface area (Å²) in [5.41, 5.74) is 10.9. The van der Waals surface area contributed by atoms with Crippen molar-refractivity contribution in [3.8, 4) is 0 Å². The van der Waals surface area contributed by atoms with Crippen LogP contribution in [0.25, 0.3) is 11.1 Å². The zero-order chi connectivity index (χ0) is 29.1. The van der Waals surface area contributed by atoms with Crippen molar-refractivity contribution in [2.45, 2.75) is 53.4 Å². The summed E-state index contributed by atoms with van der Waals surface area (Å²) < 4.78 is 3.63. The quantitative estimate of drug-likeness (QED) is 0.247. The van der Waals surface area contributed by atoms with Crippen LogP contribution in [0.3, 0.4) is 0 Å². The molecule has 222 valence electrons. The van der Waals surface area contributed by atoms with Crippen LogP contribution in [0.15, 0.2) is 139 Å². The molecule has 0 aliphatic heterocycles. The summed E-state index contributed by atoms with van der Waals surface area (Å²) in [6, 6.07) is 41.3. The van der Waals surface area contributed by atoms with Crippen LogP contribution in [-0.4, -0.2) is 5.43 Å². The Kier molecular flexibility index (Phi) is 12.3. The van der Waals surface area contributed by atoms with Gasteiger partial charge < -0.3 is 24.8 Å². The van der Waals surface area contributed by atoms with Crippen LogP contribution in [0.4, 0.5) is 0 Å². The summed E-state index contributed by atoms with van der Waals surface area (Å²) in [6.07, 6.45) is 9.50. The average molecular weight is 711 g/mol. The molecule has 0 nitrogen and oxygen atoms in total. The van der Waals surface area contributed by atoms with Crippen LogP contribution in [0, 0.1) is 0 Å². The summed E-state index contributed by atoms with van der Waals surface area (Å²) in [5.74, 6) is 0. The van der Waals surface area contributed by atoms with E-state index in [0.717, 1.165) is 25.7 Å². The minimum absolute atomic E-state index is 0. The van der Waals surface area contributed by atoms with Gasteiger partial charge in [-0.15, -0.1) is 0 Å². The molecule has 0 N–H and O–H groups in total. The second-order valence-electron chi connectivity index (χ2n) is 11.4. The van der Waals surface area contributed by atoms with Crippen molar-refractivity contribution in [3.63, 3.8) is 0 Å². The molecule has 4 aromatic carbocycles. The van der Waals surface area contributed by atoms with Crippen LogP contribution in [0.1, 0.15) is 62.8 Å². The van der Waals surface area contributed by atoms with Crippen LogP contribution in [-0.2, 0) is 33.2 Å². The fourth-order valence-electron chi connectivity index (χ4n) is 6.88. The maximum absolute atomic E-state index is 2.57. The summed E-state index contributed by atoms with van der Waals surface area (Å²) >= 11 is -2.48. The van der Waals surface area contributed by atoms with Gasteiger partial charge in [0.15, 0.2) is 0 Å². The van der Waals surface area contributed by atoms with Crippen molar-refractivity contribution in [1.29, 1.82) is 0 Å². The van der Waals surface area contributed by atoms with Crippen molar-refractivity contribution < 1.29 is 45.2 Å². The van der Waals surface area contributed by atoms with Gasteiger partial charge in [0.25, 0.3) is 0 Å². The van der Waals surface area contributed by atoms with E-state index in [9.17, 15) is 0 Å².